The highest BCUT2D eigenvalue weighted by molar-refractivity contribution is 7.17. The van der Waals surface area contributed by atoms with Gasteiger partial charge in [0.2, 0.25) is 10.1 Å². The summed E-state index contributed by atoms with van der Waals surface area (Å²) in [4.78, 5) is 14.3. The third kappa shape index (κ3) is 2.41. The molecule has 1 aliphatic heterocycles. The van der Waals surface area contributed by atoms with Gasteiger partial charge in [-0.15, -0.1) is 10.2 Å². The summed E-state index contributed by atoms with van der Waals surface area (Å²) in [7, 11) is 1.78. The van der Waals surface area contributed by atoms with Crippen LogP contribution < -0.4 is 5.32 Å². The van der Waals surface area contributed by atoms with E-state index in [1.165, 1.54) is 17.8 Å². The molecule has 0 aromatic carbocycles. The van der Waals surface area contributed by atoms with E-state index in [2.05, 4.69) is 29.4 Å². The van der Waals surface area contributed by atoms with Gasteiger partial charge < -0.3 is 10.2 Å². The Bertz CT molecular complexity index is 396. The lowest BCUT2D eigenvalue weighted by atomic mass is 9.97. The standard InChI is InChI=1S/C11H18N4OS/c1-7-5-4-6-8(2)15(7)10(16)9-13-14-11(12-3)17-9/h7-8H,4-6H2,1-3H3,(H,12,14). The molecule has 2 atom stereocenters. The van der Waals surface area contributed by atoms with Crippen LogP contribution in [0.4, 0.5) is 5.13 Å². The minimum Gasteiger partial charge on any atom is -0.363 e. The van der Waals surface area contributed by atoms with Gasteiger partial charge >= 0.3 is 0 Å². The van der Waals surface area contributed by atoms with Gasteiger partial charge in [-0.25, -0.2) is 0 Å². The molecule has 17 heavy (non-hydrogen) atoms. The van der Waals surface area contributed by atoms with Crippen molar-refractivity contribution in [2.75, 3.05) is 12.4 Å². The van der Waals surface area contributed by atoms with Crippen LogP contribution in [0.3, 0.4) is 0 Å². The molecule has 5 nitrogen and oxygen atoms in total. The quantitative estimate of drug-likeness (QED) is 0.876. The van der Waals surface area contributed by atoms with Crippen LogP contribution in [0.2, 0.25) is 0 Å². The molecule has 1 aromatic heterocycles. The van der Waals surface area contributed by atoms with Crippen molar-refractivity contribution in [2.24, 2.45) is 0 Å². The number of aromatic nitrogens is 2. The lowest BCUT2D eigenvalue weighted by Crippen LogP contribution is -2.47. The van der Waals surface area contributed by atoms with E-state index < -0.39 is 0 Å². The number of hydrogen-bond acceptors (Lipinski definition) is 5. The van der Waals surface area contributed by atoms with Gasteiger partial charge in [-0.3, -0.25) is 4.79 Å². The number of carbonyl (C=O) groups is 1. The second kappa shape index (κ2) is 5.00. The molecular weight excluding hydrogens is 236 g/mol. The van der Waals surface area contributed by atoms with Crippen LogP contribution in [0.25, 0.3) is 0 Å². The highest BCUT2D eigenvalue weighted by atomic mass is 32.1. The number of anilines is 1. The number of likely N-dealkylation sites (tertiary alicyclic amines) is 1. The van der Waals surface area contributed by atoms with Crippen molar-refractivity contribution < 1.29 is 4.79 Å². The Kier molecular flexibility index (Phi) is 3.61. The van der Waals surface area contributed by atoms with Gasteiger partial charge in [0.25, 0.3) is 5.91 Å². The smallest absolute Gasteiger partial charge is 0.285 e. The van der Waals surface area contributed by atoms with Gasteiger partial charge in [0.1, 0.15) is 0 Å². The maximum Gasteiger partial charge on any atom is 0.285 e. The molecule has 94 valence electrons. The minimum atomic E-state index is 0.0173. The summed E-state index contributed by atoms with van der Waals surface area (Å²) in [6.07, 6.45) is 3.35. The maximum absolute atomic E-state index is 12.4. The lowest BCUT2D eigenvalue weighted by molar-refractivity contribution is 0.0509. The lowest BCUT2D eigenvalue weighted by Gasteiger charge is -2.38. The third-order valence-corrected chi connectivity index (χ3v) is 4.18. The fourth-order valence-corrected chi connectivity index (χ4v) is 2.98. The Labute approximate surface area is 105 Å². The summed E-state index contributed by atoms with van der Waals surface area (Å²) in [5.41, 5.74) is 0. The van der Waals surface area contributed by atoms with Crippen molar-refractivity contribution in [3.8, 4) is 0 Å². The fraction of sp³-hybridized carbons (Fsp3) is 0.727. The van der Waals surface area contributed by atoms with Crippen molar-refractivity contribution in [1.82, 2.24) is 15.1 Å². The first kappa shape index (κ1) is 12.3. The predicted molar refractivity (Wildman–Crippen MR) is 68.4 cm³/mol. The molecule has 2 unspecified atom stereocenters. The normalized spacial score (nSPS) is 24.8. The summed E-state index contributed by atoms with van der Waals surface area (Å²) in [5.74, 6) is 0.0173. The Hall–Kier alpha value is -1.17. The van der Waals surface area contributed by atoms with Crippen molar-refractivity contribution in [2.45, 2.75) is 45.2 Å². The molecule has 1 amide bonds. The molecule has 0 aliphatic carbocycles. The number of carbonyl (C=O) groups excluding carboxylic acids is 1. The zero-order chi connectivity index (χ0) is 12.4. The van der Waals surface area contributed by atoms with Crippen LogP contribution in [0.15, 0.2) is 0 Å². The molecule has 1 saturated heterocycles. The summed E-state index contributed by atoms with van der Waals surface area (Å²) in [6.45, 7) is 4.21. The monoisotopic (exact) mass is 254 g/mol. The van der Waals surface area contributed by atoms with Gasteiger partial charge in [0.15, 0.2) is 0 Å². The van der Waals surface area contributed by atoms with Crippen LogP contribution in [-0.4, -0.2) is 40.1 Å². The molecule has 0 radical (unpaired) electrons. The average Bonchev–Trinajstić information content (AvgIpc) is 2.77. The Morgan fingerprint density at radius 1 is 1.35 bits per heavy atom. The number of hydrogen-bond donors (Lipinski definition) is 1. The van der Waals surface area contributed by atoms with Gasteiger partial charge in [-0.1, -0.05) is 11.3 Å². The topological polar surface area (TPSA) is 58.1 Å². The summed E-state index contributed by atoms with van der Waals surface area (Å²) >= 11 is 1.31. The van der Waals surface area contributed by atoms with Crippen LogP contribution in [0.1, 0.15) is 42.9 Å². The fourth-order valence-electron chi connectivity index (χ4n) is 2.34. The van der Waals surface area contributed by atoms with E-state index in [1.807, 2.05) is 4.90 Å². The zero-order valence-corrected chi connectivity index (χ0v) is 11.3. The van der Waals surface area contributed by atoms with E-state index in [-0.39, 0.29) is 5.91 Å². The summed E-state index contributed by atoms with van der Waals surface area (Å²) < 4.78 is 0. The average molecular weight is 254 g/mol. The molecular formula is C11H18N4OS. The minimum absolute atomic E-state index is 0.0173. The first-order chi connectivity index (χ1) is 8.13. The van der Waals surface area contributed by atoms with Gasteiger partial charge in [0.05, 0.1) is 0 Å². The first-order valence-corrected chi connectivity index (χ1v) is 6.79. The number of amides is 1. The van der Waals surface area contributed by atoms with E-state index in [0.717, 1.165) is 12.8 Å². The third-order valence-electron chi connectivity index (χ3n) is 3.25. The van der Waals surface area contributed by atoms with E-state index in [9.17, 15) is 4.79 Å². The summed E-state index contributed by atoms with van der Waals surface area (Å²) in [5, 5.41) is 11.9. The van der Waals surface area contributed by atoms with Crippen LogP contribution in [0, 0.1) is 0 Å². The first-order valence-electron chi connectivity index (χ1n) is 5.97. The zero-order valence-electron chi connectivity index (χ0n) is 10.4. The Balaban J connectivity index is 2.17. The molecule has 1 aromatic rings. The second-order valence-electron chi connectivity index (χ2n) is 4.50. The highest BCUT2D eigenvalue weighted by Crippen LogP contribution is 2.26. The molecule has 0 bridgehead atoms. The van der Waals surface area contributed by atoms with E-state index in [0.29, 0.717) is 22.2 Å². The van der Waals surface area contributed by atoms with Crippen molar-refractivity contribution in [3.05, 3.63) is 5.01 Å². The van der Waals surface area contributed by atoms with Crippen LogP contribution in [-0.2, 0) is 0 Å². The predicted octanol–water partition coefficient (Wildman–Crippen LogP) is 1.98. The van der Waals surface area contributed by atoms with Crippen LogP contribution in [0.5, 0.6) is 0 Å². The largest absolute Gasteiger partial charge is 0.363 e. The van der Waals surface area contributed by atoms with Crippen molar-refractivity contribution >= 4 is 22.4 Å². The second-order valence-corrected chi connectivity index (χ2v) is 5.48. The molecule has 0 spiro atoms. The molecule has 2 rings (SSSR count). The van der Waals surface area contributed by atoms with Crippen molar-refractivity contribution in [1.29, 1.82) is 0 Å². The molecule has 1 N–H and O–H groups in total. The van der Waals surface area contributed by atoms with Gasteiger partial charge in [-0.2, -0.15) is 0 Å². The molecule has 1 fully saturated rings. The van der Waals surface area contributed by atoms with Gasteiger partial charge in [-0.05, 0) is 33.1 Å². The van der Waals surface area contributed by atoms with Crippen LogP contribution >= 0.6 is 11.3 Å². The molecule has 1 aliphatic rings. The molecule has 0 saturated carbocycles. The molecule has 6 heteroatoms. The Morgan fingerprint density at radius 2 is 2.00 bits per heavy atom. The SMILES string of the molecule is CNc1nnc(C(=O)N2C(C)CCCC2C)s1. The van der Waals surface area contributed by atoms with Gasteiger partial charge in [0, 0.05) is 19.1 Å². The Morgan fingerprint density at radius 3 is 2.53 bits per heavy atom. The highest BCUT2D eigenvalue weighted by Gasteiger charge is 2.31. The number of piperidine rings is 1. The number of nitrogens with one attached hydrogen (secondary N) is 1. The van der Waals surface area contributed by atoms with E-state index >= 15 is 0 Å². The molecule has 2 heterocycles. The maximum atomic E-state index is 12.4. The van der Waals surface area contributed by atoms with E-state index in [1.54, 1.807) is 7.05 Å². The van der Waals surface area contributed by atoms with E-state index in [4.69, 9.17) is 0 Å². The van der Waals surface area contributed by atoms with Crippen molar-refractivity contribution in [3.63, 3.8) is 0 Å². The summed E-state index contributed by atoms with van der Waals surface area (Å²) in [6, 6.07) is 0.598. The number of nitrogens with zero attached hydrogens (tertiary/aromatic N) is 3. The number of rotatable bonds is 2.